The van der Waals surface area contributed by atoms with Gasteiger partial charge >= 0.3 is 16.5 Å². The average molecular weight is 1060 g/mol. The number of H-pyrrole nitrogens is 2. The first-order chi connectivity index (χ1) is 34.9. The van der Waals surface area contributed by atoms with E-state index < -0.39 is 5.95 Å². The Bertz CT molecular complexity index is 2720. The van der Waals surface area contributed by atoms with Crippen molar-refractivity contribution in [3.05, 3.63) is 109 Å². The minimum absolute atomic E-state index is 0. The third-order valence-electron chi connectivity index (χ3n) is 11.8. The van der Waals surface area contributed by atoms with Crippen LogP contribution in [0.4, 0.5) is 10.2 Å². The van der Waals surface area contributed by atoms with Gasteiger partial charge in [-0.05, 0) is 65.8 Å². The number of carbonyl (C=O) groups excluding carboxylic acids is 2. The standard InChI is InChI=1S/C24H30N6O2.C16H13FN4O.C8H18N2O.2C3H7.C2H5.Ni/c1-15-22(29-24(2,3)14-30-9-11-32-12-10-30)28-21-16(5-4-6-19(21)26-15)20-13-17-18(27-20)7-8-25-23(17)31;1-8-15(17)21-14-9(3-2-4-12(14)19-8)13-7-10-11(20-13)5-6-18-16(10)22;1-8(2,9)7-10-3-5-11-6-4-10;2*1-3-2;1-2;/h4-6,13,27H,7-12,14H2,1-3H3,(H,25,31)(H,28,29);2-4,7,20H,5-6H2,1H3,(H,18,22);3-7,9H2,1-2H3;2*1,3H2,2H3;1H2,2H3;/q;;;3*-1;+3. The Labute approximate surface area is 448 Å². The number of halogens is 1. The number of nitrogens with one attached hydrogen (secondary N) is 5. The van der Waals surface area contributed by atoms with Crippen LogP contribution in [0.15, 0.2) is 48.5 Å². The normalized spacial score (nSPS) is 15.5. The number of carbonyl (C=O) groups is 2. The van der Waals surface area contributed by atoms with Crippen LogP contribution in [0.2, 0.25) is 0 Å². The Kier molecular flexibility index (Phi) is 24.0. The summed E-state index contributed by atoms with van der Waals surface area (Å²) in [4.78, 5) is 53.7. The number of aromatic nitrogens is 6. The molecule has 10 rings (SSSR count). The van der Waals surface area contributed by atoms with E-state index >= 15 is 0 Å². The number of amides is 2. The van der Waals surface area contributed by atoms with Crippen LogP contribution in [0, 0.1) is 40.6 Å². The summed E-state index contributed by atoms with van der Waals surface area (Å²) in [5, 5.41) is 9.35. The molecular weight excluding hydrogens is 982 g/mol. The molecule has 2 saturated heterocycles. The SMILES string of the molecule is CC(C)(N)CN1CCOCC1.Cc1nc2cccc(-c3cc4c([nH]3)CCNC4=O)c2nc1F.Cc1nc2cccc(-c3cc4c([nH]3)CCNC4=O)c2nc1NC(C)(C)CN1CCOCC1.[CH2-]C.[CH2-]CC.[CH2-]CC.[Ni+3]. The minimum Gasteiger partial charge on any atom is -0.379 e. The van der Waals surface area contributed by atoms with Crippen molar-refractivity contribution < 1.29 is 39.9 Å². The number of rotatable bonds is 8. The largest absolute Gasteiger partial charge is 3.00 e. The maximum atomic E-state index is 13.8. The predicted molar refractivity (Wildman–Crippen MR) is 293 cm³/mol. The number of nitrogens with two attached hydrogens (primary N) is 1. The molecule has 0 atom stereocenters. The van der Waals surface area contributed by atoms with Gasteiger partial charge in [0, 0.05) is 110 Å². The molecule has 18 heteroatoms. The van der Waals surface area contributed by atoms with Gasteiger partial charge < -0.3 is 61.9 Å². The fourth-order valence-corrected chi connectivity index (χ4v) is 8.75. The predicted octanol–water partition coefficient (Wildman–Crippen LogP) is 8.46. The summed E-state index contributed by atoms with van der Waals surface area (Å²) in [6.45, 7) is 38.5. The molecule has 2 fully saturated rings. The molecule has 2 amide bonds. The molecule has 0 unspecified atom stereocenters. The van der Waals surface area contributed by atoms with Gasteiger partial charge in [0.1, 0.15) is 16.9 Å². The van der Waals surface area contributed by atoms with E-state index in [-0.39, 0.29) is 45.1 Å². The number of anilines is 1. The Morgan fingerprint density at radius 3 is 1.53 bits per heavy atom. The van der Waals surface area contributed by atoms with Gasteiger partial charge in [0.2, 0.25) is 5.95 Å². The van der Waals surface area contributed by atoms with E-state index in [4.69, 9.17) is 25.2 Å². The van der Waals surface area contributed by atoms with Crippen molar-refractivity contribution >= 4 is 39.7 Å². The third kappa shape index (κ3) is 17.1. The molecular formula is C56H80FN12NiO4. The first-order valence-corrected chi connectivity index (χ1v) is 25.6. The summed E-state index contributed by atoms with van der Waals surface area (Å²) in [5.74, 6) is 0.103. The van der Waals surface area contributed by atoms with Crippen molar-refractivity contribution in [3.63, 3.8) is 0 Å². The van der Waals surface area contributed by atoms with E-state index in [1.165, 1.54) is 0 Å². The zero-order valence-electron chi connectivity index (χ0n) is 45.1. The minimum atomic E-state index is -0.575. The van der Waals surface area contributed by atoms with Gasteiger partial charge in [-0.25, -0.2) is 19.9 Å². The Balaban J connectivity index is 0.000000244. The number of benzene rings is 2. The van der Waals surface area contributed by atoms with Crippen LogP contribution in [0.5, 0.6) is 0 Å². The van der Waals surface area contributed by atoms with Gasteiger partial charge in [-0.3, -0.25) is 19.4 Å². The molecule has 7 N–H and O–H groups in total. The van der Waals surface area contributed by atoms with Crippen molar-refractivity contribution in [2.24, 2.45) is 5.73 Å². The maximum absolute atomic E-state index is 13.8. The summed E-state index contributed by atoms with van der Waals surface area (Å²) in [7, 11) is 0. The van der Waals surface area contributed by atoms with Crippen LogP contribution in [-0.4, -0.2) is 141 Å². The number of hydrogen-bond acceptors (Lipinski definition) is 12. The Morgan fingerprint density at radius 1 is 0.676 bits per heavy atom. The number of ether oxygens (including phenoxy) is 2. The zero-order chi connectivity index (χ0) is 53.3. The second kappa shape index (κ2) is 29.1. The molecule has 0 aliphatic carbocycles. The van der Waals surface area contributed by atoms with E-state index in [2.05, 4.69) is 94.2 Å². The van der Waals surface area contributed by atoms with Crippen LogP contribution in [0.1, 0.15) is 105 Å². The topological polar surface area (TPSA) is 204 Å². The van der Waals surface area contributed by atoms with Crippen LogP contribution < -0.4 is 21.7 Å². The van der Waals surface area contributed by atoms with Crippen LogP contribution in [0.25, 0.3) is 44.6 Å². The Morgan fingerprint density at radius 2 is 1.09 bits per heavy atom. The van der Waals surface area contributed by atoms with E-state index in [1.807, 2.05) is 57.2 Å². The number of nitrogens with zero attached hydrogens (tertiary/aromatic N) is 6. The molecule has 4 aliphatic heterocycles. The molecule has 405 valence electrons. The second-order valence-corrected chi connectivity index (χ2v) is 19.5. The summed E-state index contributed by atoms with van der Waals surface area (Å²) >= 11 is 0. The van der Waals surface area contributed by atoms with Crippen molar-refractivity contribution in [2.45, 2.75) is 99.1 Å². The third-order valence-corrected chi connectivity index (χ3v) is 11.8. The number of morpholine rings is 2. The van der Waals surface area contributed by atoms with E-state index in [0.717, 1.165) is 148 Å². The fraction of sp³-hybridized carbons (Fsp3) is 0.482. The van der Waals surface area contributed by atoms with E-state index in [0.29, 0.717) is 35.2 Å². The first kappa shape index (κ1) is 61.2. The second-order valence-electron chi connectivity index (χ2n) is 19.5. The molecule has 8 heterocycles. The van der Waals surface area contributed by atoms with Crippen molar-refractivity contribution in [3.8, 4) is 22.5 Å². The van der Waals surface area contributed by atoms with Crippen molar-refractivity contribution in [1.29, 1.82) is 0 Å². The zero-order valence-corrected chi connectivity index (χ0v) is 46.1. The monoisotopic (exact) mass is 1060 g/mol. The average Bonchev–Trinajstić information content (AvgIpc) is 4.00. The van der Waals surface area contributed by atoms with E-state index in [1.54, 1.807) is 26.0 Å². The molecule has 0 saturated carbocycles. The quantitative estimate of drug-likeness (QED) is 0.0628. The van der Waals surface area contributed by atoms with Crippen LogP contribution >= 0.6 is 0 Å². The fourth-order valence-electron chi connectivity index (χ4n) is 8.75. The van der Waals surface area contributed by atoms with Crippen molar-refractivity contribution in [1.82, 2.24) is 50.3 Å². The Hall–Kier alpha value is -5.36. The molecule has 4 aromatic heterocycles. The molecule has 2 aromatic carbocycles. The van der Waals surface area contributed by atoms with Crippen LogP contribution in [0.3, 0.4) is 0 Å². The molecule has 6 aromatic rings. The van der Waals surface area contributed by atoms with Gasteiger partial charge in [-0.1, -0.05) is 38.1 Å². The summed E-state index contributed by atoms with van der Waals surface area (Å²) in [6, 6.07) is 15.2. The van der Waals surface area contributed by atoms with Gasteiger partial charge in [-0.15, -0.1) is 0 Å². The van der Waals surface area contributed by atoms with Gasteiger partial charge in [0.15, 0.2) is 0 Å². The number of aryl methyl sites for hydroxylation is 2. The molecule has 0 bridgehead atoms. The smallest absolute Gasteiger partial charge is 0.379 e. The molecule has 0 spiro atoms. The van der Waals surface area contributed by atoms with Crippen LogP contribution in [-0.2, 0) is 38.8 Å². The van der Waals surface area contributed by atoms with Crippen molar-refractivity contribution in [2.75, 3.05) is 84.1 Å². The maximum Gasteiger partial charge on any atom is 3.00 e. The number of fused-ring (bicyclic) bond motifs is 4. The first-order valence-electron chi connectivity index (χ1n) is 25.6. The number of aromatic amines is 2. The summed E-state index contributed by atoms with van der Waals surface area (Å²) in [5.41, 5.74) is 16.1. The van der Waals surface area contributed by atoms with E-state index in [9.17, 15) is 14.0 Å². The van der Waals surface area contributed by atoms with Gasteiger partial charge in [0.25, 0.3) is 11.8 Å². The van der Waals surface area contributed by atoms with Gasteiger partial charge in [-0.2, -0.15) is 24.2 Å². The number of para-hydroxylation sites is 2. The summed E-state index contributed by atoms with van der Waals surface area (Å²) < 4.78 is 24.5. The molecule has 1 radical (unpaired) electrons. The summed E-state index contributed by atoms with van der Waals surface area (Å²) in [6.07, 6.45) is 3.56. The molecule has 74 heavy (non-hydrogen) atoms. The van der Waals surface area contributed by atoms with Gasteiger partial charge in [0.05, 0.1) is 60.0 Å². The molecule has 16 nitrogen and oxygen atoms in total. The number of hydrogen-bond donors (Lipinski definition) is 6. The molecule has 4 aliphatic rings.